The lowest BCUT2D eigenvalue weighted by molar-refractivity contribution is -0.141. The summed E-state index contributed by atoms with van der Waals surface area (Å²) >= 11 is 0. The van der Waals surface area contributed by atoms with Crippen molar-refractivity contribution in [3.8, 4) is 0 Å². The number of rotatable bonds is 5. The molecule has 1 saturated heterocycles. The first-order valence-electron chi connectivity index (χ1n) is 7.10. The highest BCUT2D eigenvalue weighted by atomic mass is 16.4. The Labute approximate surface area is 113 Å². The number of aliphatic carboxylic acids is 1. The first-order valence-corrected chi connectivity index (χ1v) is 7.10. The molecule has 2 aliphatic rings. The van der Waals surface area contributed by atoms with Crippen LogP contribution in [0.3, 0.4) is 0 Å². The molecule has 6 nitrogen and oxygen atoms in total. The number of nitrogens with one attached hydrogen (secondary N) is 2. The van der Waals surface area contributed by atoms with Crippen molar-refractivity contribution in [2.75, 3.05) is 39.3 Å². The fraction of sp³-hybridized carbons (Fsp3) is 0.846. The van der Waals surface area contributed by atoms with Gasteiger partial charge in [-0.3, -0.25) is 14.5 Å². The number of hydrogen-bond donors (Lipinski definition) is 3. The van der Waals surface area contributed by atoms with E-state index in [0.717, 1.165) is 32.7 Å². The van der Waals surface area contributed by atoms with Gasteiger partial charge in [0, 0.05) is 45.2 Å². The Hall–Kier alpha value is -1.14. The van der Waals surface area contributed by atoms with Gasteiger partial charge in [0.2, 0.25) is 5.91 Å². The monoisotopic (exact) mass is 269 g/mol. The van der Waals surface area contributed by atoms with Crippen molar-refractivity contribution in [2.24, 2.45) is 11.8 Å². The third-order valence-corrected chi connectivity index (χ3v) is 4.09. The minimum Gasteiger partial charge on any atom is -0.481 e. The second kappa shape index (κ2) is 6.86. The van der Waals surface area contributed by atoms with E-state index in [-0.39, 0.29) is 17.7 Å². The Morgan fingerprint density at radius 1 is 1.21 bits per heavy atom. The summed E-state index contributed by atoms with van der Waals surface area (Å²) < 4.78 is 0. The van der Waals surface area contributed by atoms with Gasteiger partial charge < -0.3 is 15.7 Å². The highest BCUT2D eigenvalue weighted by Crippen LogP contribution is 2.30. The molecule has 1 saturated carbocycles. The zero-order valence-electron chi connectivity index (χ0n) is 11.2. The molecule has 6 heteroatoms. The minimum absolute atomic E-state index is 0.0267. The maximum Gasteiger partial charge on any atom is 0.306 e. The van der Waals surface area contributed by atoms with Crippen molar-refractivity contribution in [2.45, 2.75) is 19.3 Å². The van der Waals surface area contributed by atoms with E-state index in [1.165, 1.54) is 0 Å². The molecule has 0 aromatic heterocycles. The summed E-state index contributed by atoms with van der Waals surface area (Å²) in [6, 6.07) is 0. The summed E-state index contributed by atoms with van der Waals surface area (Å²) in [5.41, 5.74) is 0. The van der Waals surface area contributed by atoms with E-state index in [4.69, 9.17) is 5.11 Å². The summed E-state index contributed by atoms with van der Waals surface area (Å²) in [4.78, 5) is 25.1. The molecule has 3 N–H and O–H groups in total. The quantitative estimate of drug-likeness (QED) is 0.627. The molecular weight excluding hydrogens is 246 g/mol. The van der Waals surface area contributed by atoms with Crippen LogP contribution in [0.25, 0.3) is 0 Å². The molecule has 2 rings (SSSR count). The van der Waals surface area contributed by atoms with Gasteiger partial charge in [0.25, 0.3) is 0 Å². The molecule has 0 spiro atoms. The molecule has 1 aliphatic carbocycles. The van der Waals surface area contributed by atoms with Crippen molar-refractivity contribution in [3.63, 3.8) is 0 Å². The van der Waals surface area contributed by atoms with Gasteiger partial charge in [0.15, 0.2) is 0 Å². The van der Waals surface area contributed by atoms with E-state index in [1.54, 1.807) is 0 Å². The molecule has 108 valence electrons. The van der Waals surface area contributed by atoms with Crippen LogP contribution in [-0.4, -0.2) is 61.2 Å². The van der Waals surface area contributed by atoms with Crippen molar-refractivity contribution in [3.05, 3.63) is 0 Å². The van der Waals surface area contributed by atoms with Crippen molar-refractivity contribution in [1.82, 2.24) is 15.5 Å². The number of nitrogens with zero attached hydrogens (tertiary/aromatic N) is 1. The van der Waals surface area contributed by atoms with E-state index in [9.17, 15) is 9.59 Å². The number of piperazine rings is 1. The van der Waals surface area contributed by atoms with Crippen LogP contribution < -0.4 is 10.6 Å². The molecule has 1 aliphatic heterocycles. The highest BCUT2D eigenvalue weighted by molar-refractivity contribution is 5.80. The number of carboxylic acid groups (broad SMARTS) is 1. The Bertz CT molecular complexity index is 329. The SMILES string of the molecule is O=C(O)C1CCC(C(=O)NCCN2CCNCC2)C1. The lowest BCUT2D eigenvalue weighted by atomic mass is 10.0. The second-order valence-corrected chi connectivity index (χ2v) is 5.43. The van der Waals surface area contributed by atoms with E-state index in [2.05, 4.69) is 15.5 Å². The van der Waals surface area contributed by atoms with Crippen LogP contribution >= 0.6 is 0 Å². The largest absolute Gasteiger partial charge is 0.481 e. The molecule has 0 aromatic rings. The van der Waals surface area contributed by atoms with Gasteiger partial charge in [-0.1, -0.05) is 0 Å². The third kappa shape index (κ3) is 4.18. The number of carboxylic acids is 1. The average Bonchev–Trinajstić information content (AvgIpc) is 2.89. The lowest BCUT2D eigenvalue weighted by Crippen LogP contribution is -2.46. The lowest BCUT2D eigenvalue weighted by Gasteiger charge is -2.27. The van der Waals surface area contributed by atoms with Gasteiger partial charge in [-0.25, -0.2) is 0 Å². The van der Waals surface area contributed by atoms with Crippen molar-refractivity contribution in [1.29, 1.82) is 0 Å². The Balaban J connectivity index is 1.63. The Morgan fingerprint density at radius 2 is 1.89 bits per heavy atom. The van der Waals surface area contributed by atoms with E-state index < -0.39 is 5.97 Å². The van der Waals surface area contributed by atoms with Gasteiger partial charge in [-0.2, -0.15) is 0 Å². The van der Waals surface area contributed by atoms with Crippen LogP contribution in [0.2, 0.25) is 0 Å². The molecule has 2 unspecified atom stereocenters. The molecule has 2 atom stereocenters. The smallest absolute Gasteiger partial charge is 0.306 e. The maximum absolute atomic E-state index is 11.9. The van der Waals surface area contributed by atoms with Crippen LogP contribution in [0, 0.1) is 11.8 Å². The van der Waals surface area contributed by atoms with Crippen LogP contribution in [0.1, 0.15) is 19.3 Å². The Kier molecular flexibility index (Phi) is 5.15. The number of carbonyl (C=O) groups is 2. The van der Waals surface area contributed by atoms with Crippen molar-refractivity contribution >= 4 is 11.9 Å². The molecule has 0 aromatic carbocycles. The summed E-state index contributed by atoms with van der Waals surface area (Å²) in [6.45, 7) is 5.62. The van der Waals surface area contributed by atoms with E-state index >= 15 is 0 Å². The number of carbonyl (C=O) groups excluding carboxylic acids is 1. The second-order valence-electron chi connectivity index (χ2n) is 5.43. The Morgan fingerprint density at radius 3 is 2.53 bits per heavy atom. The summed E-state index contributed by atoms with van der Waals surface area (Å²) in [5, 5.41) is 15.1. The van der Waals surface area contributed by atoms with E-state index in [1.807, 2.05) is 0 Å². The first-order chi connectivity index (χ1) is 9.16. The highest BCUT2D eigenvalue weighted by Gasteiger charge is 2.33. The zero-order chi connectivity index (χ0) is 13.7. The predicted octanol–water partition coefficient (Wildman–Crippen LogP) is -0.491. The normalized spacial score (nSPS) is 28.2. The molecule has 1 amide bonds. The van der Waals surface area contributed by atoms with Gasteiger partial charge >= 0.3 is 5.97 Å². The van der Waals surface area contributed by atoms with Gasteiger partial charge in [0.05, 0.1) is 5.92 Å². The number of hydrogen-bond acceptors (Lipinski definition) is 4. The maximum atomic E-state index is 11.9. The predicted molar refractivity (Wildman–Crippen MR) is 70.8 cm³/mol. The summed E-state index contributed by atoms with van der Waals surface area (Å²) in [5.74, 6) is -1.18. The minimum atomic E-state index is -0.767. The van der Waals surface area contributed by atoms with Gasteiger partial charge in [-0.15, -0.1) is 0 Å². The van der Waals surface area contributed by atoms with Crippen LogP contribution in [0.5, 0.6) is 0 Å². The summed E-state index contributed by atoms with van der Waals surface area (Å²) in [6.07, 6.45) is 1.83. The van der Waals surface area contributed by atoms with E-state index in [0.29, 0.717) is 25.8 Å². The topological polar surface area (TPSA) is 81.7 Å². The molecule has 0 bridgehead atoms. The van der Waals surface area contributed by atoms with Crippen LogP contribution in [0.4, 0.5) is 0 Å². The average molecular weight is 269 g/mol. The fourth-order valence-electron chi connectivity index (χ4n) is 2.86. The third-order valence-electron chi connectivity index (χ3n) is 4.09. The van der Waals surface area contributed by atoms with Crippen LogP contribution in [0.15, 0.2) is 0 Å². The molecule has 19 heavy (non-hydrogen) atoms. The molecule has 2 fully saturated rings. The van der Waals surface area contributed by atoms with Crippen LogP contribution in [-0.2, 0) is 9.59 Å². The number of amides is 1. The molecule has 0 radical (unpaired) electrons. The molecule has 1 heterocycles. The van der Waals surface area contributed by atoms with Gasteiger partial charge in [0.1, 0.15) is 0 Å². The fourth-order valence-corrected chi connectivity index (χ4v) is 2.86. The first kappa shape index (κ1) is 14.3. The standard InChI is InChI=1S/C13H23N3O3/c17-12(10-1-2-11(9-10)13(18)19)15-5-8-16-6-3-14-4-7-16/h10-11,14H,1-9H2,(H,15,17)(H,18,19). The molecular formula is C13H23N3O3. The van der Waals surface area contributed by atoms with Crippen molar-refractivity contribution < 1.29 is 14.7 Å². The summed E-state index contributed by atoms with van der Waals surface area (Å²) in [7, 11) is 0. The zero-order valence-corrected chi connectivity index (χ0v) is 11.2. The van der Waals surface area contributed by atoms with Gasteiger partial charge in [-0.05, 0) is 19.3 Å².